The molecule has 0 aliphatic rings. The van der Waals surface area contributed by atoms with Gasteiger partial charge in [0.2, 0.25) is 5.91 Å². The molecule has 0 heterocycles. The Morgan fingerprint density at radius 2 is 1.82 bits per heavy atom. The van der Waals surface area contributed by atoms with Gasteiger partial charge < -0.3 is 5.32 Å². The topological polar surface area (TPSA) is 29.1 Å². The Labute approximate surface area is 69.4 Å². The largest absolute Gasteiger partial charge is 0.356 e. The predicted octanol–water partition coefficient (Wildman–Crippen LogP) is 2.09. The minimum absolute atomic E-state index is 0.209. The molecule has 0 aromatic heterocycles. The van der Waals surface area contributed by atoms with E-state index in [-0.39, 0.29) is 5.91 Å². The Morgan fingerprint density at radius 1 is 1.18 bits per heavy atom. The van der Waals surface area contributed by atoms with Gasteiger partial charge >= 0.3 is 0 Å². The smallest absolute Gasteiger partial charge is 0.219 e. The number of unbranched alkanes of at least 4 members (excludes halogenated alkanes) is 2. The third-order valence-corrected chi connectivity index (χ3v) is 1.61. The average molecular weight is 157 g/mol. The molecule has 66 valence electrons. The van der Waals surface area contributed by atoms with Crippen LogP contribution in [0.3, 0.4) is 0 Å². The molecule has 0 spiro atoms. The predicted molar refractivity (Wildman–Crippen MR) is 47.4 cm³/mol. The molecule has 0 aromatic rings. The molecule has 0 saturated heterocycles. The van der Waals surface area contributed by atoms with Crippen molar-refractivity contribution >= 4 is 5.91 Å². The van der Waals surface area contributed by atoms with Crippen molar-refractivity contribution in [2.75, 3.05) is 6.54 Å². The Kier molecular flexibility index (Phi) is 7.21. The van der Waals surface area contributed by atoms with E-state index in [9.17, 15) is 4.79 Å². The van der Waals surface area contributed by atoms with E-state index < -0.39 is 0 Å². The van der Waals surface area contributed by atoms with Crippen LogP contribution in [0.1, 0.15) is 46.0 Å². The highest BCUT2D eigenvalue weighted by Crippen LogP contribution is 1.93. The van der Waals surface area contributed by atoms with Gasteiger partial charge in [0.1, 0.15) is 0 Å². The first-order valence-corrected chi connectivity index (χ1v) is 4.58. The summed E-state index contributed by atoms with van der Waals surface area (Å²) in [5, 5.41) is 2.88. The molecule has 1 amide bonds. The number of rotatable bonds is 6. The fourth-order valence-corrected chi connectivity index (χ4v) is 0.830. The number of amides is 1. The van der Waals surface area contributed by atoms with Crippen LogP contribution in [-0.4, -0.2) is 12.5 Å². The molecule has 0 aromatic carbocycles. The van der Waals surface area contributed by atoms with Crippen LogP contribution < -0.4 is 5.32 Å². The van der Waals surface area contributed by atoms with Gasteiger partial charge in [-0.15, -0.1) is 0 Å². The lowest BCUT2D eigenvalue weighted by atomic mass is 10.2. The van der Waals surface area contributed by atoms with Crippen LogP contribution in [0.25, 0.3) is 0 Å². The van der Waals surface area contributed by atoms with Gasteiger partial charge in [-0.3, -0.25) is 4.79 Å². The van der Waals surface area contributed by atoms with E-state index in [2.05, 4.69) is 19.2 Å². The van der Waals surface area contributed by atoms with Gasteiger partial charge in [0.25, 0.3) is 0 Å². The Morgan fingerprint density at radius 3 is 2.36 bits per heavy atom. The van der Waals surface area contributed by atoms with Crippen molar-refractivity contribution in [1.29, 1.82) is 0 Å². The quantitative estimate of drug-likeness (QED) is 0.588. The average Bonchev–Trinajstić information content (AvgIpc) is 2.01. The summed E-state index contributed by atoms with van der Waals surface area (Å²) in [4.78, 5) is 11.0. The Balaban J connectivity index is 3.09. The van der Waals surface area contributed by atoms with Gasteiger partial charge in [0.05, 0.1) is 0 Å². The monoisotopic (exact) mass is 157 g/mol. The highest BCUT2D eigenvalue weighted by atomic mass is 16.1. The molecule has 0 unspecified atom stereocenters. The van der Waals surface area contributed by atoms with E-state index >= 15 is 0 Å². The zero-order chi connectivity index (χ0) is 8.53. The van der Waals surface area contributed by atoms with Crippen molar-refractivity contribution in [1.82, 2.24) is 5.32 Å². The molecule has 0 fully saturated rings. The minimum atomic E-state index is 0.209. The third-order valence-electron chi connectivity index (χ3n) is 1.61. The molecule has 2 heteroatoms. The number of carbonyl (C=O) groups excluding carboxylic acids is 1. The number of nitrogens with one attached hydrogen (secondary N) is 1. The molecule has 0 saturated carbocycles. The van der Waals surface area contributed by atoms with Crippen molar-refractivity contribution in [2.45, 2.75) is 46.0 Å². The Bertz CT molecular complexity index is 102. The van der Waals surface area contributed by atoms with Gasteiger partial charge in [-0.25, -0.2) is 0 Å². The van der Waals surface area contributed by atoms with Crippen LogP contribution in [0.4, 0.5) is 0 Å². The first-order valence-electron chi connectivity index (χ1n) is 4.58. The zero-order valence-corrected chi connectivity index (χ0v) is 7.65. The Hall–Kier alpha value is -0.530. The van der Waals surface area contributed by atoms with Crippen LogP contribution in [0.2, 0.25) is 0 Å². The summed E-state index contributed by atoms with van der Waals surface area (Å²) >= 11 is 0. The van der Waals surface area contributed by atoms with Gasteiger partial charge in [0, 0.05) is 13.0 Å². The van der Waals surface area contributed by atoms with Crippen LogP contribution in [-0.2, 0) is 4.79 Å². The molecule has 0 aliphatic carbocycles. The van der Waals surface area contributed by atoms with E-state index in [1.807, 2.05) is 0 Å². The lowest BCUT2D eigenvalue weighted by Crippen LogP contribution is -2.23. The lowest BCUT2D eigenvalue weighted by Gasteiger charge is -2.02. The molecular formula is C9H19NO. The molecule has 0 radical (unpaired) electrons. The van der Waals surface area contributed by atoms with Gasteiger partial charge in [-0.1, -0.05) is 26.7 Å². The van der Waals surface area contributed by atoms with Gasteiger partial charge in [-0.05, 0) is 12.8 Å². The normalized spacial score (nSPS) is 9.64. The van der Waals surface area contributed by atoms with E-state index in [1.54, 1.807) is 0 Å². The molecule has 11 heavy (non-hydrogen) atoms. The highest BCUT2D eigenvalue weighted by Gasteiger charge is 1.97. The van der Waals surface area contributed by atoms with Gasteiger partial charge in [0.15, 0.2) is 0 Å². The van der Waals surface area contributed by atoms with Crippen molar-refractivity contribution in [2.24, 2.45) is 0 Å². The van der Waals surface area contributed by atoms with Crippen LogP contribution >= 0.6 is 0 Å². The molecule has 0 atom stereocenters. The minimum Gasteiger partial charge on any atom is -0.356 e. The second-order valence-electron chi connectivity index (χ2n) is 2.81. The van der Waals surface area contributed by atoms with Crippen molar-refractivity contribution in [3.63, 3.8) is 0 Å². The van der Waals surface area contributed by atoms with Crippen LogP contribution in [0.5, 0.6) is 0 Å². The molecule has 2 nitrogen and oxygen atoms in total. The number of hydrogen-bond donors (Lipinski definition) is 1. The zero-order valence-electron chi connectivity index (χ0n) is 7.65. The van der Waals surface area contributed by atoms with Crippen molar-refractivity contribution < 1.29 is 4.79 Å². The number of carbonyl (C=O) groups is 1. The fraction of sp³-hybridized carbons (Fsp3) is 0.889. The second-order valence-corrected chi connectivity index (χ2v) is 2.81. The van der Waals surface area contributed by atoms with Crippen LogP contribution in [0, 0.1) is 0 Å². The van der Waals surface area contributed by atoms with Gasteiger partial charge in [-0.2, -0.15) is 0 Å². The third kappa shape index (κ3) is 7.37. The summed E-state index contributed by atoms with van der Waals surface area (Å²) in [6, 6.07) is 0. The maximum atomic E-state index is 11.0. The summed E-state index contributed by atoms with van der Waals surface area (Å²) in [7, 11) is 0. The molecule has 0 bridgehead atoms. The lowest BCUT2D eigenvalue weighted by molar-refractivity contribution is -0.121. The molecule has 1 N–H and O–H groups in total. The van der Waals surface area contributed by atoms with Crippen molar-refractivity contribution in [3.05, 3.63) is 0 Å². The van der Waals surface area contributed by atoms with Crippen LogP contribution in [0.15, 0.2) is 0 Å². The standard InChI is InChI=1S/C9H19NO/c1-3-5-7-9(11)10-8-6-4-2/h3-8H2,1-2H3,(H,10,11). The summed E-state index contributed by atoms with van der Waals surface area (Å²) in [6.07, 6.45) is 5.05. The molecular weight excluding hydrogens is 138 g/mol. The maximum Gasteiger partial charge on any atom is 0.219 e. The van der Waals surface area contributed by atoms with E-state index in [0.717, 1.165) is 32.2 Å². The summed E-state index contributed by atoms with van der Waals surface area (Å²) in [5.74, 6) is 0.209. The number of hydrogen-bond acceptors (Lipinski definition) is 1. The molecule has 0 aliphatic heterocycles. The van der Waals surface area contributed by atoms with E-state index in [1.165, 1.54) is 0 Å². The first-order chi connectivity index (χ1) is 5.31. The maximum absolute atomic E-state index is 11.0. The summed E-state index contributed by atoms with van der Waals surface area (Å²) in [6.45, 7) is 5.07. The fourth-order valence-electron chi connectivity index (χ4n) is 0.830. The summed E-state index contributed by atoms with van der Waals surface area (Å²) < 4.78 is 0. The molecule has 0 rings (SSSR count). The van der Waals surface area contributed by atoms with Crippen molar-refractivity contribution in [3.8, 4) is 0 Å². The first kappa shape index (κ1) is 10.5. The van der Waals surface area contributed by atoms with E-state index in [0.29, 0.717) is 6.42 Å². The SMILES string of the molecule is CCCCNC(=O)CCCC. The summed E-state index contributed by atoms with van der Waals surface area (Å²) in [5.41, 5.74) is 0. The second kappa shape index (κ2) is 7.58. The highest BCUT2D eigenvalue weighted by molar-refractivity contribution is 5.75. The van der Waals surface area contributed by atoms with E-state index in [4.69, 9.17) is 0 Å².